The lowest BCUT2D eigenvalue weighted by atomic mass is 9.95. The zero-order valence-corrected chi connectivity index (χ0v) is 21.4. The van der Waals surface area contributed by atoms with Crippen LogP contribution in [0.25, 0.3) is 5.76 Å². The molecule has 0 bridgehead atoms. The van der Waals surface area contributed by atoms with Crippen molar-refractivity contribution in [1.29, 1.82) is 0 Å². The van der Waals surface area contributed by atoms with Crippen molar-refractivity contribution in [1.82, 2.24) is 4.90 Å². The number of likely N-dealkylation sites (tertiary alicyclic amines) is 1. The van der Waals surface area contributed by atoms with Gasteiger partial charge in [0.1, 0.15) is 24.7 Å². The Morgan fingerprint density at radius 3 is 2.45 bits per heavy atom. The van der Waals surface area contributed by atoms with Gasteiger partial charge in [0.2, 0.25) is 0 Å². The van der Waals surface area contributed by atoms with E-state index in [0.717, 1.165) is 29.7 Å². The molecule has 0 saturated carbocycles. The molecule has 1 N–H and O–H groups in total. The van der Waals surface area contributed by atoms with Crippen LogP contribution in [-0.4, -0.2) is 48.1 Å². The lowest BCUT2D eigenvalue weighted by molar-refractivity contribution is -0.139. The zero-order chi connectivity index (χ0) is 26.5. The van der Waals surface area contributed by atoms with Gasteiger partial charge in [-0.3, -0.25) is 9.59 Å². The summed E-state index contributed by atoms with van der Waals surface area (Å²) in [5.74, 6) is 0.202. The van der Waals surface area contributed by atoms with Gasteiger partial charge in [0.25, 0.3) is 11.7 Å². The molecule has 1 saturated heterocycles. The van der Waals surface area contributed by atoms with Crippen LogP contribution in [0.3, 0.4) is 0 Å². The number of ketones is 1. The number of carbonyl (C=O) groups excluding carboxylic acids is 2. The van der Waals surface area contributed by atoms with E-state index in [1.807, 2.05) is 54.6 Å². The Bertz CT molecular complexity index is 1330. The van der Waals surface area contributed by atoms with Crippen molar-refractivity contribution in [2.75, 3.05) is 26.4 Å². The first-order chi connectivity index (χ1) is 18.6. The molecule has 0 aliphatic carbocycles. The number of fused-ring (bicyclic) bond motifs is 1. The Kier molecular flexibility index (Phi) is 7.63. The largest absolute Gasteiger partial charge is 0.507 e. The number of nitrogens with zero attached hydrogens (tertiary/aromatic N) is 1. The minimum absolute atomic E-state index is 0.0550. The van der Waals surface area contributed by atoms with E-state index in [1.54, 1.807) is 23.1 Å². The second-order valence-corrected chi connectivity index (χ2v) is 9.36. The van der Waals surface area contributed by atoms with Crippen molar-refractivity contribution in [2.45, 2.75) is 32.2 Å². The van der Waals surface area contributed by atoms with E-state index in [0.29, 0.717) is 49.8 Å². The highest BCUT2D eigenvalue weighted by molar-refractivity contribution is 6.46. The minimum atomic E-state index is -0.739. The van der Waals surface area contributed by atoms with Crippen LogP contribution < -0.4 is 14.2 Å². The molecule has 2 heterocycles. The van der Waals surface area contributed by atoms with Crippen LogP contribution in [0, 0.1) is 0 Å². The summed E-state index contributed by atoms with van der Waals surface area (Å²) in [7, 11) is 0. The molecule has 1 unspecified atom stereocenters. The molecule has 3 aromatic carbocycles. The Labute approximate surface area is 222 Å². The van der Waals surface area contributed by atoms with Crippen LogP contribution in [0.15, 0.2) is 78.4 Å². The molecule has 2 aliphatic rings. The van der Waals surface area contributed by atoms with Gasteiger partial charge < -0.3 is 24.2 Å². The fourth-order valence-electron chi connectivity index (χ4n) is 4.78. The first-order valence-corrected chi connectivity index (χ1v) is 13.0. The summed E-state index contributed by atoms with van der Waals surface area (Å²) in [6.07, 6.45) is 2.57. The molecular weight excluding hydrogens is 482 g/mol. The lowest BCUT2D eigenvalue weighted by Gasteiger charge is -2.26. The summed E-state index contributed by atoms with van der Waals surface area (Å²) in [4.78, 5) is 28.2. The normalized spacial score (nSPS) is 18.0. The molecule has 5 rings (SSSR count). The smallest absolute Gasteiger partial charge is 0.295 e. The van der Waals surface area contributed by atoms with Crippen LogP contribution in [0.2, 0.25) is 0 Å². The van der Waals surface area contributed by atoms with Crippen LogP contribution >= 0.6 is 0 Å². The Morgan fingerprint density at radius 1 is 0.974 bits per heavy atom. The highest BCUT2D eigenvalue weighted by Crippen LogP contribution is 2.41. The molecular formula is C31H31NO6. The number of hydrogen-bond donors (Lipinski definition) is 1. The van der Waals surface area contributed by atoms with Crippen LogP contribution in [0.1, 0.15) is 42.5 Å². The predicted octanol–water partition coefficient (Wildman–Crippen LogP) is 5.30. The molecule has 1 fully saturated rings. The van der Waals surface area contributed by atoms with Gasteiger partial charge in [0.05, 0.1) is 18.2 Å². The molecule has 2 aliphatic heterocycles. The SMILES string of the molecule is CCCCOc1ccc(C2C(=C(O)c3ccc4c(c3)OCCO4)C(=O)C(=O)N2CCc2ccccc2)cc1. The number of rotatable bonds is 9. The number of aliphatic hydroxyl groups excluding tert-OH is 1. The highest BCUT2D eigenvalue weighted by atomic mass is 16.6. The second-order valence-electron chi connectivity index (χ2n) is 9.36. The third-order valence-electron chi connectivity index (χ3n) is 6.80. The molecule has 7 heteroatoms. The van der Waals surface area contributed by atoms with E-state index < -0.39 is 17.7 Å². The molecule has 38 heavy (non-hydrogen) atoms. The summed E-state index contributed by atoms with van der Waals surface area (Å²) in [6.45, 7) is 3.89. The van der Waals surface area contributed by atoms with Gasteiger partial charge in [-0.05, 0) is 54.3 Å². The Morgan fingerprint density at radius 2 is 1.71 bits per heavy atom. The number of amides is 1. The third kappa shape index (κ3) is 5.23. The van der Waals surface area contributed by atoms with Crippen LogP contribution in [0.5, 0.6) is 17.2 Å². The molecule has 1 atom stereocenters. The standard InChI is InChI=1S/C31H31NO6/c1-2-3-17-36-24-12-9-22(10-13-24)28-27(29(33)23-11-14-25-26(20-23)38-19-18-37-25)30(34)31(35)32(28)16-15-21-7-5-4-6-8-21/h4-14,20,28,33H,2-3,15-19H2,1H3. The van der Waals surface area contributed by atoms with Gasteiger partial charge in [-0.1, -0.05) is 55.8 Å². The van der Waals surface area contributed by atoms with Crippen molar-refractivity contribution in [3.8, 4) is 17.2 Å². The molecule has 1 amide bonds. The van der Waals surface area contributed by atoms with Gasteiger partial charge in [-0.15, -0.1) is 0 Å². The molecule has 196 valence electrons. The lowest BCUT2D eigenvalue weighted by Crippen LogP contribution is -2.31. The molecule has 0 spiro atoms. The van der Waals surface area contributed by atoms with Crippen molar-refractivity contribution in [3.05, 3.63) is 95.1 Å². The number of ether oxygens (including phenoxy) is 3. The maximum atomic E-state index is 13.4. The number of unbranched alkanes of at least 4 members (excludes halogenated alkanes) is 1. The van der Waals surface area contributed by atoms with Gasteiger partial charge in [0.15, 0.2) is 11.5 Å². The number of Topliss-reactive ketones (excluding diaryl/α,β-unsaturated/α-hetero) is 1. The van der Waals surface area contributed by atoms with Gasteiger partial charge >= 0.3 is 0 Å². The van der Waals surface area contributed by atoms with Crippen LogP contribution in [0.4, 0.5) is 0 Å². The van der Waals surface area contributed by atoms with E-state index in [1.165, 1.54) is 0 Å². The fraction of sp³-hybridized carbons (Fsp3) is 0.290. The maximum Gasteiger partial charge on any atom is 0.295 e. The molecule has 3 aromatic rings. The summed E-state index contributed by atoms with van der Waals surface area (Å²) in [5.41, 5.74) is 2.22. The van der Waals surface area contributed by atoms with Crippen molar-refractivity contribution in [3.63, 3.8) is 0 Å². The zero-order valence-electron chi connectivity index (χ0n) is 21.4. The van der Waals surface area contributed by atoms with E-state index in [-0.39, 0.29) is 11.3 Å². The first kappa shape index (κ1) is 25.4. The number of carbonyl (C=O) groups is 2. The molecule has 7 nitrogen and oxygen atoms in total. The average molecular weight is 514 g/mol. The van der Waals surface area contributed by atoms with Crippen molar-refractivity contribution in [2.24, 2.45) is 0 Å². The topological polar surface area (TPSA) is 85.3 Å². The van der Waals surface area contributed by atoms with Crippen LogP contribution in [-0.2, 0) is 16.0 Å². The third-order valence-corrected chi connectivity index (χ3v) is 6.80. The fourth-order valence-corrected chi connectivity index (χ4v) is 4.78. The summed E-state index contributed by atoms with van der Waals surface area (Å²) >= 11 is 0. The highest BCUT2D eigenvalue weighted by Gasteiger charge is 2.46. The summed E-state index contributed by atoms with van der Waals surface area (Å²) in [6, 6.07) is 21.5. The summed E-state index contributed by atoms with van der Waals surface area (Å²) < 4.78 is 17.0. The van der Waals surface area contributed by atoms with E-state index in [4.69, 9.17) is 14.2 Å². The number of aliphatic hydroxyl groups is 1. The Hall–Kier alpha value is -4.26. The van der Waals surface area contributed by atoms with E-state index in [9.17, 15) is 14.7 Å². The maximum absolute atomic E-state index is 13.4. The van der Waals surface area contributed by atoms with Gasteiger partial charge in [-0.2, -0.15) is 0 Å². The number of hydrogen-bond acceptors (Lipinski definition) is 6. The van der Waals surface area contributed by atoms with Gasteiger partial charge in [-0.25, -0.2) is 0 Å². The number of benzene rings is 3. The van der Waals surface area contributed by atoms with Gasteiger partial charge in [0, 0.05) is 12.1 Å². The minimum Gasteiger partial charge on any atom is -0.507 e. The quantitative estimate of drug-likeness (QED) is 0.181. The van der Waals surface area contributed by atoms with E-state index in [2.05, 4.69) is 6.92 Å². The van der Waals surface area contributed by atoms with E-state index >= 15 is 0 Å². The predicted molar refractivity (Wildman–Crippen MR) is 143 cm³/mol. The second kappa shape index (κ2) is 11.4. The Balaban J connectivity index is 1.52. The molecule has 0 radical (unpaired) electrons. The summed E-state index contributed by atoms with van der Waals surface area (Å²) in [5, 5.41) is 11.4. The monoisotopic (exact) mass is 513 g/mol. The average Bonchev–Trinajstić information content (AvgIpc) is 3.21. The molecule has 0 aromatic heterocycles. The van der Waals surface area contributed by atoms with Crippen molar-refractivity contribution < 1.29 is 28.9 Å². The van der Waals surface area contributed by atoms with Crippen molar-refractivity contribution >= 4 is 17.4 Å². The first-order valence-electron chi connectivity index (χ1n) is 13.0.